The Balaban J connectivity index is 2.75. The van der Waals surface area contributed by atoms with Crippen LogP contribution < -0.4 is 5.73 Å². The van der Waals surface area contributed by atoms with Gasteiger partial charge < -0.3 is 10.6 Å². The minimum atomic E-state index is -0.0203. The maximum absolute atomic E-state index is 12.3. The summed E-state index contributed by atoms with van der Waals surface area (Å²) in [4.78, 5) is 18.5. The number of carbonyl (C=O) groups is 1. The number of aromatic nitrogens is 1. The number of rotatable bonds is 6. The van der Waals surface area contributed by atoms with E-state index < -0.39 is 0 Å². The van der Waals surface area contributed by atoms with Crippen LogP contribution in [0.1, 0.15) is 30.6 Å². The highest BCUT2D eigenvalue weighted by Gasteiger charge is 2.16. The molecule has 1 aromatic rings. The van der Waals surface area contributed by atoms with E-state index in [9.17, 15) is 4.79 Å². The van der Waals surface area contributed by atoms with Crippen LogP contribution in [-0.2, 0) is 0 Å². The third kappa shape index (κ3) is 4.79. The minimum absolute atomic E-state index is 0.0203. The predicted molar refractivity (Wildman–Crippen MR) is 76.4 cm³/mol. The van der Waals surface area contributed by atoms with E-state index in [1.807, 2.05) is 0 Å². The summed E-state index contributed by atoms with van der Waals surface area (Å²) in [7, 11) is 0. The standard InChI is InChI=1S/C13H19N3OS/c1-10(2)9-16(7-5-12(14)18)13(17)11-4-3-6-15-8-11/h3-4,6,8,10H,5,7,9H2,1-2H3,(H2,14,18). The van der Waals surface area contributed by atoms with Crippen LogP contribution in [0.5, 0.6) is 0 Å². The molecule has 0 aromatic carbocycles. The quantitative estimate of drug-likeness (QED) is 0.798. The van der Waals surface area contributed by atoms with E-state index in [1.54, 1.807) is 29.4 Å². The first-order chi connectivity index (χ1) is 8.50. The highest BCUT2D eigenvalue weighted by Crippen LogP contribution is 2.07. The molecule has 0 aliphatic carbocycles. The molecule has 4 nitrogen and oxygen atoms in total. The van der Waals surface area contributed by atoms with Gasteiger partial charge in [0.05, 0.1) is 10.6 Å². The van der Waals surface area contributed by atoms with Crippen molar-refractivity contribution in [2.24, 2.45) is 11.7 Å². The fourth-order valence-electron chi connectivity index (χ4n) is 1.63. The van der Waals surface area contributed by atoms with Crippen molar-refractivity contribution < 1.29 is 4.79 Å². The van der Waals surface area contributed by atoms with Gasteiger partial charge in [0.2, 0.25) is 0 Å². The number of thiocarbonyl (C=S) groups is 1. The van der Waals surface area contributed by atoms with Crippen molar-refractivity contribution in [3.63, 3.8) is 0 Å². The maximum atomic E-state index is 12.3. The molecule has 0 fully saturated rings. The third-order valence-electron chi connectivity index (χ3n) is 2.41. The molecule has 98 valence electrons. The van der Waals surface area contributed by atoms with Gasteiger partial charge in [-0.1, -0.05) is 26.1 Å². The summed E-state index contributed by atoms with van der Waals surface area (Å²) >= 11 is 4.86. The highest BCUT2D eigenvalue weighted by atomic mass is 32.1. The van der Waals surface area contributed by atoms with E-state index in [2.05, 4.69) is 18.8 Å². The molecule has 0 bridgehead atoms. The summed E-state index contributed by atoms with van der Waals surface area (Å²) < 4.78 is 0. The van der Waals surface area contributed by atoms with E-state index in [0.717, 1.165) is 0 Å². The Morgan fingerprint density at radius 1 is 1.56 bits per heavy atom. The summed E-state index contributed by atoms with van der Waals surface area (Å²) in [5.41, 5.74) is 6.09. The Labute approximate surface area is 113 Å². The lowest BCUT2D eigenvalue weighted by atomic mass is 10.1. The zero-order chi connectivity index (χ0) is 13.5. The van der Waals surface area contributed by atoms with Gasteiger partial charge in [0.1, 0.15) is 0 Å². The van der Waals surface area contributed by atoms with Gasteiger partial charge in [-0.3, -0.25) is 9.78 Å². The van der Waals surface area contributed by atoms with Gasteiger partial charge in [0, 0.05) is 31.9 Å². The average Bonchev–Trinajstić information content (AvgIpc) is 2.34. The highest BCUT2D eigenvalue weighted by molar-refractivity contribution is 7.80. The molecule has 0 aliphatic rings. The van der Waals surface area contributed by atoms with Crippen LogP contribution in [-0.4, -0.2) is 33.9 Å². The van der Waals surface area contributed by atoms with E-state index in [-0.39, 0.29) is 5.91 Å². The zero-order valence-electron chi connectivity index (χ0n) is 10.8. The molecular formula is C13H19N3OS. The number of pyridine rings is 1. The van der Waals surface area contributed by atoms with Crippen LogP contribution in [0, 0.1) is 5.92 Å². The summed E-state index contributed by atoms with van der Waals surface area (Å²) in [5.74, 6) is 0.380. The molecule has 1 aromatic heterocycles. The summed E-state index contributed by atoms with van der Waals surface area (Å²) in [5, 5.41) is 0. The molecular weight excluding hydrogens is 246 g/mol. The molecule has 2 N–H and O–H groups in total. The molecule has 1 amide bonds. The topological polar surface area (TPSA) is 59.2 Å². The van der Waals surface area contributed by atoms with Gasteiger partial charge in [-0.15, -0.1) is 0 Å². The Morgan fingerprint density at radius 2 is 2.28 bits per heavy atom. The SMILES string of the molecule is CC(C)CN(CCC(N)=S)C(=O)c1cccnc1. The number of nitrogens with two attached hydrogens (primary N) is 1. The number of carbonyl (C=O) groups excluding carboxylic acids is 1. The van der Waals surface area contributed by atoms with Crippen LogP contribution >= 0.6 is 12.2 Å². The Morgan fingerprint density at radius 3 is 2.78 bits per heavy atom. The number of nitrogens with zero attached hydrogens (tertiary/aromatic N) is 2. The van der Waals surface area contributed by atoms with Gasteiger partial charge in [-0.05, 0) is 18.1 Å². The molecule has 0 radical (unpaired) electrons. The van der Waals surface area contributed by atoms with Crippen molar-refractivity contribution in [1.29, 1.82) is 0 Å². The van der Waals surface area contributed by atoms with Crippen molar-refractivity contribution in [3.8, 4) is 0 Å². The Kier molecular flexibility index (Phi) is 5.71. The number of hydrogen-bond donors (Lipinski definition) is 1. The van der Waals surface area contributed by atoms with Crippen LogP contribution in [0.2, 0.25) is 0 Å². The van der Waals surface area contributed by atoms with Gasteiger partial charge >= 0.3 is 0 Å². The van der Waals surface area contributed by atoms with Crippen LogP contribution in [0.4, 0.5) is 0 Å². The van der Waals surface area contributed by atoms with Crippen molar-refractivity contribution >= 4 is 23.1 Å². The molecule has 0 saturated carbocycles. The van der Waals surface area contributed by atoms with Gasteiger partial charge in [0.25, 0.3) is 5.91 Å². The van der Waals surface area contributed by atoms with Crippen LogP contribution in [0.25, 0.3) is 0 Å². The van der Waals surface area contributed by atoms with Crippen molar-refractivity contribution in [2.45, 2.75) is 20.3 Å². The summed E-state index contributed by atoms with van der Waals surface area (Å²) in [6, 6.07) is 3.53. The average molecular weight is 265 g/mol. The molecule has 0 unspecified atom stereocenters. The second kappa shape index (κ2) is 7.06. The first-order valence-corrected chi connectivity index (χ1v) is 6.39. The largest absolute Gasteiger partial charge is 0.393 e. The lowest BCUT2D eigenvalue weighted by molar-refractivity contribution is 0.0740. The number of amides is 1. The van der Waals surface area contributed by atoms with Gasteiger partial charge in [-0.25, -0.2) is 0 Å². The van der Waals surface area contributed by atoms with Crippen molar-refractivity contribution in [2.75, 3.05) is 13.1 Å². The minimum Gasteiger partial charge on any atom is -0.393 e. The third-order valence-corrected chi connectivity index (χ3v) is 2.61. The van der Waals surface area contributed by atoms with Crippen LogP contribution in [0.3, 0.4) is 0 Å². The van der Waals surface area contributed by atoms with E-state index in [1.165, 1.54) is 0 Å². The zero-order valence-corrected chi connectivity index (χ0v) is 11.6. The molecule has 0 aliphatic heterocycles. The van der Waals surface area contributed by atoms with Crippen LogP contribution in [0.15, 0.2) is 24.5 Å². The number of hydrogen-bond acceptors (Lipinski definition) is 3. The van der Waals surface area contributed by atoms with Gasteiger partial charge in [0.15, 0.2) is 0 Å². The molecule has 0 atom stereocenters. The molecule has 0 saturated heterocycles. The Hall–Kier alpha value is -1.49. The molecule has 18 heavy (non-hydrogen) atoms. The first kappa shape index (κ1) is 14.6. The van der Waals surface area contributed by atoms with E-state index in [0.29, 0.717) is 36.0 Å². The summed E-state index contributed by atoms with van der Waals surface area (Å²) in [6.07, 6.45) is 3.78. The fraction of sp³-hybridized carbons (Fsp3) is 0.462. The smallest absolute Gasteiger partial charge is 0.255 e. The summed E-state index contributed by atoms with van der Waals surface area (Å²) in [6.45, 7) is 5.40. The first-order valence-electron chi connectivity index (χ1n) is 5.98. The monoisotopic (exact) mass is 265 g/mol. The van der Waals surface area contributed by atoms with Crippen molar-refractivity contribution in [3.05, 3.63) is 30.1 Å². The predicted octanol–water partition coefficient (Wildman–Crippen LogP) is 1.86. The second-order valence-electron chi connectivity index (χ2n) is 4.60. The second-order valence-corrected chi connectivity index (χ2v) is 5.13. The normalized spacial score (nSPS) is 10.4. The lowest BCUT2D eigenvalue weighted by Crippen LogP contribution is -2.36. The molecule has 5 heteroatoms. The maximum Gasteiger partial charge on any atom is 0.255 e. The van der Waals surface area contributed by atoms with Crippen molar-refractivity contribution in [1.82, 2.24) is 9.88 Å². The fourth-order valence-corrected chi connectivity index (χ4v) is 1.72. The van der Waals surface area contributed by atoms with E-state index >= 15 is 0 Å². The molecule has 1 rings (SSSR count). The Bertz CT molecular complexity index is 406. The van der Waals surface area contributed by atoms with E-state index in [4.69, 9.17) is 18.0 Å². The molecule has 1 heterocycles. The van der Waals surface area contributed by atoms with Gasteiger partial charge in [-0.2, -0.15) is 0 Å². The molecule has 0 spiro atoms. The lowest BCUT2D eigenvalue weighted by Gasteiger charge is -2.24.